The Morgan fingerprint density at radius 1 is 0.857 bits per heavy atom. The average molecular weight is 513 g/mol. The third kappa shape index (κ3) is 5.52. The van der Waals surface area contributed by atoms with E-state index in [1.54, 1.807) is 23.1 Å². The van der Waals surface area contributed by atoms with Crippen LogP contribution in [-0.2, 0) is 17.6 Å². The van der Waals surface area contributed by atoms with E-state index in [9.17, 15) is 19.8 Å². The summed E-state index contributed by atoms with van der Waals surface area (Å²) in [4.78, 5) is 28.2. The number of aliphatic hydroxyl groups excluding tert-OH is 1. The van der Waals surface area contributed by atoms with Crippen molar-refractivity contribution >= 4 is 35.2 Å². The van der Waals surface area contributed by atoms with Gasteiger partial charge in [-0.2, -0.15) is 0 Å². The molecule has 3 aromatic carbocycles. The number of benzene rings is 3. The summed E-state index contributed by atoms with van der Waals surface area (Å²) >= 11 is 12.9. The van der Waals surface area contributed by atoms with E-state index in [1.807, 2.05) is 60.7 Å². The summed E-state index contributed by atoms with van der Waals surface area (Å²) in [6.45, 7) is 0.318. The van der Waals surface area contributed by atoms with E-state index in [0.717, 1.165) is 16.0 Å². The molecule has 4 rings (SSSR count). The van der Waals surface area contributed by atoms with Gasteiger partial charge in [0.1, 0.15) is 12.2 Å². The molecule has 35 heavy (non-hydrogen) atoms. The Kier molecular flexibility index (Phi) is 8.08. The fourth-order valence-electron chi connectivity index (χ4n) is 4.64. The molecule has 3 aromatic rings. The lowest BCUT2D eigenvalue weighted by Gasteiger charge is -2.33. The molecule has 8 heteroatoms. The van der Waals surface area contributed by atoms with E-state index in [-0.39, 0.29) is 16.5 Å². The van der Waals surface area contributed by atoms with Crippen molar-refractivity contribution in [3.8, 4) is 0 Å². The number of aryl methyl sites for hydroxylation is 1. The number of rotatable bonds is 8. The Morgan fingerprint density at radius 3 is 1.94 bits per heavy atom. The first-order valence-electron chi connectivity index (χ1n) is 11.4. The van der Waals surface area contributed by atoms with Gasteiger partial charge in [-0.15, -0.1) is 0 Å². The topological polar surface area (TPSA) is 81.1 Å². The highest BCUT2D eigenvalue weighted by Crippen LogP contribution is 2.42. The minimum atomic E-state index is -1.42. The lowest BCUT2D eigenvalue weighted by atomic mass is 10.0. The number of halogens is 2. The molecule has 182 valence electrons. The number of amides is 2. The zero-order valence-corrected chi connectivity index (χ0v) is 20.4. The minimum Gasteiger partial charge on any atom is -0.465 e. The molecular weight excluding hydrogens is 487 g/mol. The maximum Gasteiger partial charge on any atom is 0.415 e. The van der Waals surface area contributed by atoms with Crippen LogP contribution in [0.25, 0.3) is 0 Å². The average Bonchev–Trinajstić information content (AvgIpc) is 3.14. The standard InChI is InChI=1S/C27H26Cl2N2O4/c28-20-12-7-13-21(29)23(20)24-26(33)31(27(34)35)25(22(32)15-14-18-8-3-1-4-9-18)30(24)17-16-19-10-5-2-6-11-19/h1-13,22,24-25,32H,14-17H2,(H,34,35)/t22-,24+,25-/m1/s1. The third-order valence-electron chi connectivity index (χ3n) is 6.30. The van der Waals surface area contributed by atoms with Crippen LogP contribution >= 0.6 is 23.2 Å². The van der Waals surface area contributed by atoms with Crippen LogP contribution in [0.3, 0.4) is 0 Å². The van der Waals surface area contributed by atoms with Crippen LogP contribution in [0.2, 0.25) is 10.0 Å². The fraction of sp³-hybridized carbons (Fsp3) is 0.259. The molecule has 1 heterocycles. The molecule has 0 bridgehead atoms. The van der Waals surface area contributed by atoms with Crippen LogP contribution in [0.1, 0.15) is 29.2 Å². The van der Waals surface area contributed by atoms with Crippen molar-refractivity contribution in [1.29, 1.82) is 0 Å². The number of hydrogen-bond acceptors (Lipinski definition) is 4. The maximum absolute atomic E-state index is 13.5. The first-order chi connectivity index (χ1) is 16.9. The second kappa shape index (κ2) is 11.2. The number of imide groups is 1. The molecule has 0 radical (unpaired) electrons. The SMILES string of the molecule is O=C(O)N1C(=O)[C@H](c2c(Cl)cccc2Cl)N(CCc2ccccc2)[C@H]1[C@H](O)CCc1ccccc1. The largest absolute Gasteiger partial charge is 0.465 e. The number of carbonyl (C=O) groups is 2. The van der Waals surface area contributed by atoms with Crippen LogP contribution in [-0.4, -0.2) is 50.8 Å². The van der Waals surface area contributed by atoms with Crippen molar-refractivity contribution in [2.45, 2.75) is 37.6 Å². The molecule has 0 saturated carbocycles. The summed E-state index contributed by atoms with van der Waals surface area (Å²) in [5, 5.41) is 21.8. The van der Waals surface area contributed by atoms with Gasteiger partial charge in [0.15, 0.2) is 0 Å². The van der Waals surface area contributed by atoms with Gasteiger partial charge in [-0.25, -0.2) is 9.69 Å². The Labute approximate surface area is 214 Å². The number of carbonyl (C=O) groups excluding carboxylic acids is 1. The summed E-state index contributed by atoms with van der Waals surface area (Å²) in [6, 6.07) is 23.2. The minimum absolute atomic E-state index is 0.269. The van der Waals surface area contributed by atoms with E-state index < -0.39 is 30.3 Å². The molecule has 2 amide bonds. The van der Waals surface area contributed by atoms with E-state index in [1.165, 1.54) is 0 Å². The van der Waals surface area contributed by atoms with E-state index in [2.05, 4.69) is 0 Å². The Bertz CT molecular complexity index is 1160. The highest BCUT2D eigenvalue weighted by atomic mass is 35.5. The Hall–Kier alpha value is -2.90. The molecule has 1 fully saturated rings. The smallest absolute Gasteiger partial charge is 0.415 e. The number of aliphatic hydroxyl groups is 1. The van der Waals surface area contributed by atoms with Gasteiger partial charge in [-0.1, -0.05) is 89.9 Å². The van der Waals surface area contributed by atoms with Gasteiger partial charge >= 0.3 is 6.09 Å². The van der Waals surface area contributed by atoms with Gasteiger partial charge in [0.25, 0.3) is 5.91 Å². The lowest BCUT2D eigenvalue weighted by molar-refractivity contribution is -0.129. The molecule has 1 aliphatic heterocycles. The van der Waals surface area contributed by atoms with Crippen LogP contribution in [0.4, 0.5) is 4.79 Å². The quantitative estimate of drug-likeness (QED) is 0.421. The summed E-state index contributed by atoms with van der Waals surface area (Å²) in [7, 11) is 0. The van der Waals surface area contributed by atoms with Gasteiger partial charge in [0.05, 0.1) is 6.10 Å². The number of hydrogen-bond donors (Lipinski definition) is 2. The van der Waals surface area contributed by atoms with Crippen molar-refractivity contribution in [2.75, 3.05) is 6.54 Å². The van der Waals surface area contributed by atoms with Crippen LogP contribution in [0.5, 0.6) is 0 Å². The van der Waals surface area contributed by atoms with E-state index >= 15 is 0 Å². The van der Waals surface area contributed by atoms with Crippen molar-refractivity contribution in [1.82, 2.24) is 9.80 Å². The van der Waals surface area contributed by atoms with Gasteiger partial charge in [-0.05, 0) is 42.5 Å². The Morgan fingerprint density at radius 2 is 1.40 bits per heavy atom. The van der Waals surface area contributed by atoms with Crippen molar-refractivity contribution in [3.05, 3.63) is 106 Å². The molecule has 2 N–H and O–H groups in total. The van der Waals surface area contributed by atoms with Crippen molar-refractivity contribution < 1.29 is 19.8 Å². The van der Waals surface area contributed by atoms with E-state index in [0.29, 0.717) is 24.9 Å². The molecule has 0 aliphatic carbocycles. The predicted molar refractivity (Wildman–Crippen MR) is 135 cm³/mol. The van der Waals surface area contributed by atoms with E-state index in [4.69, 9.17) is 23.2 Å². The summed E-state index contributed by atoms with van der Waals surface area (Å²) in [5.41, 5.74) is 2.38. The monoisotopic (exact) mass is 512 g/mol. The van der Waals surface area contributed by atoms with Gasteiger partial charge in [0, 0.05) is 22.2 Å². The fourth-order valence-corrected chi connectivity index (χ4v) is 5.24. The maximum atomic E-state index is 13.5. The third-order valence-corrected chi connectivity index (χ3v) is 6.96. The van der Waals surface area contributed by atoms with Gasteiger partial charge in [-0.3, -0.25) is 9.69 Å². The molecule has 0 spiro atoms. The van der Waals surface area contributed by atoms with Gasteiger partial charge < -0.3 is 10.2 Å². The zero-order valence-electron chi connectivity index (χ0n) is 18.9. The lowest BCUT2D eigenvalue weighted by Crippen LogP contribution is -2.50. The highest BCUT2D eigenvalue weighted by Gasteiger charge is 2.53. The second-order valence-electron chi connectivity index (χ2n) is 8.51. The highest BCUT2D eigenvalue weighted by molar-refractivity contribution is 6.36. The van der Waals surface area contributed by atoms with Gasteiger partial charge in [0.2, 0.25) is 0 Å². The summed E-state index contributed by atoms with van der Waals surface area (Å²) in [5.74, 6) is -0.677. The molecule has 3 atom stereocenters. The molecule has 1 saturated heterocycles. The van der Waals surface area contributed by atoms with Crippen molar-refractivity contribution in [3.63, 3.8) is 0 Å². The van der Waals surface area contributed by atoms with Crippen LogP contribution < -0.4 is 0 Å². The van der Waals surface area contributed by atoms with Crippen molar-refractivity contribution in [2.24, 2.45) is 0 Å². The number of carboxylic acid groups (broad SMARTS) is 1. The molecule has 6 nitrogen and oxygen atoms in total. The second-order valence-corrected chi connectivity index (χ2v) is 9.32. The summed E-state index contributed by atoms with van der Waals surface area (Å²) in [6.07, 6.45) is -2.26. The molecule has 0 aromatic heterocycles. The summed E-state index contributed by atoms with van der Waals surface area (Å²) < 4.78 is 0. The molecule has 1 aliphatic rings. The normalized spacial score (nSPS) is 19.2. The number of nitrogens with zero attached hydrogens (tertiary/aromatic N) is 2. The van der Waals surface area contributed by atoms with Crippen LogP contribution in [0.15, 0.2) is 78.9 Å². The predicted octanol–water partition coefficient (Wildman–Crippen LogP) is 5.42. The molecule has 0 unspecified atom stereocenters. The first kappa shape index (κ1) is 25.2. The first-order valence-corrected chi connectivity index (χ1v) is 12.2. The zero-order chi connectivity index (χ0) is 24.9. The van der Waals surface area contributed by atoms with Crippen LogP contribution in [0, 0.1) is 0 Å². The Balaban J connectivity index is 1.70. The molecular formula is C27H26Cl2N2O4.